The summed E-state index contributed by atoms with van der Waals surface area (Å²) in [6, 6.07) is 0.367. The summed E-state index contributed by atoms with van der Waals surface area (Å²) in [7, 11) is 0. The average molecular weight is 290 g/mol. The van der Waals surface area contributed by atoms with Gasteiger partial charge in [-0.2, -0.15) is 0 Å². The van der Waals surface area contributed by atoms with E-state index >= 15 is 0 Å². The van der Waals surface area contributed by atoms with Gasteiger partial charge in [-0.25, -0.2) is 0 Å². The summed E-state index contributed by atoms with van der Waals surface area (Å²) in [5.74, 6) is 3.85. The van der Waals surface area contributed by atoms with Gasteiger partial charge in [0.2, 0.25) is 5.91 Å². The smallest absolute Gasteiger partial charge is 0.224 e. The third kappa shape index (κ3) is 2.32. The first-order chi connectivity index (χ1) is 10.1. The van der Waals surface area contributed by atoms with Crippen molar-refractivity contribution in [2.24, 2.45) is 35.0 Å². The normalized spacial score (nSPS) is 49.3. The van der Waals surface area contributed by atoms with Crippen molar-refractivity contribution in [1.82, 2.24) is 10.6 Å². The van der Waals surface area contributed by atoms with Crippen LogP contribution >= 0.6 is 0 Å². The highest BCUT2D eigenvalue weighted by Gasteiger charge is 2.53. The van der Waals surface area contributed by atoms with Gasteiger partial charge in [-0.1, -0.05) is 6.92 Å². The molecule has 118 valence electrons. The predicted molar refractivity (Wildman–Crippen MR) is 83.7 cm³/mol. The van der Waals surface area contributed by atoms with Crippen LogP contribution in [-0.4, -0.2) is 25.0 Å². The molecule has 2 N–H and O–H groups in total. The van der Waals surface area contributed by atoms with Crippen molar-refractivity contribution in [3.8, 4) is 0 Å². The minimum absolute atomic E-state index is 0.182. The van der Waals surface area contributed by atoms with E-state index in [0.29, 0.717) is 23.3 Å². The van der Waals surface area contributed by atoms with E-state index in [1.807, 2.05) is 0 Å². The van der Waals surface area contributed by atoms with Crippen LogP contribution in [0.3, 0.4) is 0 Å². The number of amides is 1. The molecule has 1 amide bonds. The lowest BCUT2D eigenvalue weighted by molar-refractivity contribution is -0.130. The number of carbonyl (C=O) groups is 1. The quantitative estimate of drug-likeness (QED) is 0.839. The van der Waals surface area contributed by atoms with Crippen LogP contribution in [0.4, 0.5) is 0 Å². The summed E-state index contributed by atoms with van der Waals surface area (Å²) < 4.78 is 0. The van der Waals surface area contributed by atoms with E-state index in [1.165, 1.54) is 38.5 Å². The molecule has 3 unspecified atom stereocenters. The van der Waals surface area contributed by atoms with Gasteiger partial charge >= 0.3 is 0 Å². The van der Waals surface area contributed by atoms with E-state index in [-0.39, 0.29) is 5.92 Å². The molecule has 0 radical (unpaired) electrons. The minimum atomic E-state index is 0.182. The Hall–Kier alpha value is -0.570. The maximum Gasteiger partial charge on any atom is 0.224 e. The lowest BCUT2D eigenvalue weighted by Gasteiger charge is -2.59. The Balaban J connectivity index is 1.45. The third-order valence-corrected chi connectivity index (χ3v) is 7.22. The van der Waals surface area contributed by atoms with Crippen LogP contribution in [0.5, 0.6) is 0 Å². The van der Waals surface area contributed by atoms with Gasteiger partial charge in [0.15, 0.2) is 0 Å². The summed E-state index contributed by atoms with van der Waals surface area (Å²) in [6.45, 7) is 6.34. The summed E-state index contributed by atoms with van der Waals surface area (Å²) >= 11 is 0. The number of carbonyl (C=O) groups excluding carboxylic acids is 1. The van der Waals surface area contributed by atoms with Crippen molar-refractivity contribution in [3.05, 3.63) is 0 Å². The molecular formula is C18H30N2O. The molecular weight excluding hydrogens is 260 g/mol. The van der Waals surface area contributed by atoms with Gasteiger partial charge in [-0.15, -0.1) is 0 Å². The van der Waals surface area contributed by atoms with Gasteiger partial charge in [-0.3, -0.25) is 4.79 Å². The second kappa shape index (κ2) is 4.97. The predicted octanol–water partition coefficient (Wildman–Crippen LogP) is 2.56. The fourth-order valence-corrected chi connectivity index (χ4v) is 6.34. The van der Waals surface area contributed by atoms with E-state index in [4.69, 9.17) is 0 Å². The first kappa shape index (κ1) is 14.0. The van der Waals surface area contributed by atoms with Crippen LogP contribution in [0.15, 0.2) is 0 Å². The molecule has 3 heteroatoms. The average Bonchev–Trinajstić information content (AvgIpc) is 2.83. The lowest BCUT2D eigenvalue weighted by Crippen LogP contribution is -2.56. The van der Waals surface area contributed by atoms with Gasteiger partial charge in [-0.05, 0) is 81.1 Å². The summed E-state index contributed by atoms with van der Waals surface area (Å²) in [4.78, 5) is 12.6. The number of hydrogen-bond acceptors (Lipinski definition) is 2. The highest BCUT2D eigenvalue weighted by molar-refractivity contribution is 5.80. The Morgan fingerprint density at radius 3 is 2.14 bits per heavy atom. The van der Waals surface area contributed by atoms with Gasteiger partial charge < -0.3 is 10.6 Å². The molecule has 3 nitrogen and oxygen atoms in total. The van der Waals surface area contributed by atoms with Gasteiger partial charge in [0.1, 0.15) is 0 Å². The number of nitrogens with one attached hydrogen (secondary N) is 2. The number of hydrogen-bond donors (Lipinski definition) is 2. The Labute approximate surface area is 128 Å². The fraction of sp³-hybridized carbons (Fsp3) is 0.944. The molecule has 1 heterocycles. The summed E-state index contributed by atoms with van der Waals surface area (Å²) in [6.07, 6.45) is 8.55. The zero-order valence-electron chi connectivity index (χ0n) is 13.5. The van der Waals surface area contributed by atoms with Crippen molar-refractivity contribution >= 4 is 5.91 Å². The first-order valence-electron chi connectivity index (χ1n) is 9.07. The van der Waals surface area contributed by atoms with Crippen molar-refractivity contribution in [1.29, 1.82) is 0 Å². The van der Waals surface area contributed by atoms with E-state index in [1.54, 1.807) is 0 Å². The molecule has 5 rings (SSSR count). The van der Waals surface area contributed by atoms with Gasteiger partial charge in [0.05, 0.1) is 5.92 Å². The molecule has 21 heavy (non-hydrogen) atoms. The number of rotatable bonds is 3. The molecule has 5 fully saturated rings. The van der Waals surface area contributed by atoms with Crippen molar-refractivity contribution in [2.75, 3.05) is 13.1 Å². The van der Waals surface area contributed by atoms with E-state index in [0.717, 1.165) is 30.8 Å². The minimum Gasteiger partial charge on any atom is -0.353 e. The Morgan fingerprint density at radius 2 is 1.67 bits per heavy atom. The summed E-state index contributed by atoms with van der Waals surface area (Å²) in [5.41, 5.74) is 0.430. The van der Waals surface area contributed by atoms with Crippen LogP contribution < -0.4 is 10.6 Å². The van der Waals surface area contributed by atoms with Crippen LogP contribution in [0.2, 0.25) is 0 Å². The SMILES string of the molecule is CC1CNCC1C(=O)NC(C)C12CC3CC(CC(C3)C1)C2. The van der Waals surface area contributed by atoms with Gasteiger partial charge in [0.25, 0.3) is 0 Å². The van der Waals surface area contributed by atoms with Crippen molar-refractivity contribution in [3.63, 3.8) is 0 Å². The van der Waals surface area contributed by atoms with E-state index < -0.39 is 0 Å². The topological polar surface area (TPSA) is 41.1 Å². The molecule has 0 aromatic heterocycles. The highest BCUT2D eigenvalue weighted by atomic mass is 16.2. The second-order valence-corrected chi connectivity index (χ2v) is 8.75. The molecule has 4 aliphatic carbocycles. The van der Waals surface area contributed by atoms with Crippen LogP contribution in [0.25, 0.3) is 0 Å². The molecule has 3 atom stereocenters. The zero-order valence-corrected chi connectivity index (χ0v) is 13.5. The third-order valence-electron chi connectivity index (χ3n) is 7.22. The molecule has 0 aromatic carbocycles. The van der Waals surface area contributed by atoms with E-state index in [2.05, 4.69) is 24.5 Å². The molecule has 4 saturated carbocycles. The Morgan fingerprint density at radius 1 is 1.10 bits per heavy atom. The zero-order chi connectivity index (χ0) is 14.6. The van der Waals surface area contributed by atoms with Crippen molar-refractivity contribution < 1.29 is 4.79 Å². The molecule has 1 saturated heterocycles. The molecule has 1 aliphatic heterocycles. The molecule has 0 aromatic rings. The lowest BCUT2D eigenvalue weighted by atomic mass is 9.48. The maximum absolute atomic E-state index is 12.6. The van der Waals surface area contributed by atoms with Crippen LogP contribution in [-0.2, 0) is 4.79 Å². The molecule has 0 spiro atoms. The van der Waals surface area contributed by atoms with Crippen LogP contribution in [0.1, 0.15) is 52.4 Å². The fourth-order valence-electron chi connectivity index (χ4n) is 6.34. The molecule has 4 bridgehead atoms. The highest BCUT2D eigenvalue weighted by Crippen LogP contribution is 2.61. The molecule has 5 aliphatic rings. The largest absolute Gasteiger partial charge is 0.353 e. The second-order valence-electron chi connectivity index (χ2n) is 8.75. The standard InChI is InChI=1S/C18H30N2O/c1-11-9-19-10-16(11)17(21)20-12(2)18-6-13-3-14(7-18)5-15(4-13)8-18/h11-16,19H,3-10H2,1-2H3,(H,20,21). The summed E-state index contributed by atoms with van der Waals surface area (Å²) in [5, 5.41) is 6.78. The Bertz CT molecular complexity index is 398. The first-order valence-corrected chi connectivity index (χ1v) is 9.07. The maximum atomic E-state index is 12.6. The monoisotopic (exact) mass is 290 g/mol. The van der Waals surface area contributed by atoms with Gasteiger partial charge in [0, 0.05) is 12.6 Å². The van der Waals surface area contributed by atoms with Crippen molar-refractivity contribution in [2.45, 2.75) is 58.4 Å². The van der Waals surface area contributed by atoms with Crippen LogP contribution in [0, 0.1) is 35.0 Å². The Kier molecular flexibility index (Phi) is 3.33. The van der Waals surface area contributed by atoms with E-state index in [9.17, 15) is 4.79 Å².